The summed E-state index contributed by atoms with van der Waals surface area (Å²) < 4.78 is 42.0. The lowest BCUT2D eigenvalue weighted by Crippen LogP contribution is -2.26. The van der Waals surface area contributed by atoms with Crippen LogP contribution in [-0.2, 0) is 17.4 Å². The average Bonchev–Trinajstić information content (AvgIpc) is 3.40. The van der Waals surface area contributed by atoms with Crippen LogP contribution in [0.4, 0.5) is 13.2 Å². The molecule has 0 saturated carbocycles. The van der Waals surface area contributed by atoms with Crippen LogP contribution in [0.25, 0.3) is 11.6 Å². The Hall–Kier alpha value is -3.17. The van der Waals surface area contributed by atoms with E-state index in [9.17, 15) is 18.0 Å². The number of amides is 1. The zero-order chi connectivity index (χ0) is 22.7. The molecule has 1 aliphatic heterocycles. The lowest BCUT2D eigenvalue weighted by molar-refractivity contribution is -0.141. The van der Waals surface area contributed by atoms with E-state index in [1.165, 1.54) is 22.3 Å². The van der Waals surface area contributed by atoms with Gasteiger partial charge in [-0.1, -0.05) is 30.3 Å². The van der Waals surface area contributed by atoms with E-state index in [1.807, 2.05) is 24.3 Å². The minimum atomic E-state index is -4.50. The van der Waals surface area contributed by atoms with Crippen LogP contribution in [-0.4, -0.2) is 38.7 Å². The topological polar surface area (TPSA) is 69.9 Å². The quantitative estimate of drug-likeness (QED) is 0.339. The number of halogens is 3. The molecule has 0 bridgehead atoms. The number of hydrogen-bond acceptors (Lipinski definition) is 4. The van der Waals surface area contributed by atoms with E-state index in [-0.39, 0.29) is 18.0 Å². The SMILES string of the molecule is O=C(/C=C/c1ccc([C@@H]2CCCN2CCc2c(C(F)(F)F)nn3ccccc23)cc1)NO. The van der Waals surface area contributed by atoms with Gasteiger partial charge in [-0.2, -0.15) is 18.3 Å². The molecule has 32 heavy (non-hydrogen) atoms. The Labute approximate surface area is 182 Å². The molecule has 1 aliphatic rings. The molecule has 6 nitrogen and oxygen atoms in total. The summed E-state index contributed by atoms with van der Waals surface area (Å²) in [5, 5.41) is 12.3. The molecular weight excluding hydrogens is 421 g/mol. The number of alkyl halides is 3. The molecule has 1 fully saturated rings. The number of pyridine rings is 1. The van der Waals surface area contributed by atoms with E-state index in [4.69, 9.17) is 5.21 Å². The maximum atomic E-state index is 13.6. The van der Waals surface area contributed by atoms with Gasteiger partial charge in [0.05, 0.1) is 5.52 Å². The number of rotatable bonds is 6. The maximum Gasteiger partial charge on any atom is 0.435 e. The molecule has 0 aliphatic carbocycles. The van der Waals surface area contributed by atoms with Gasteiger partial charge in [0, 0.05) is 30.4 Å². The summed E-state index contributed by atoms with van der Waals surface area (Å²) in [6, 6.07) is 12.9. The Kier molecular flexibility index (Phi) is 6.29. The van der Waals surface area contributed by atoms with Gasteiger partial charge in [0.1, 0.15) is 0 Å². The van der Waals surface area contributed by atoms with Gasteiger partial charge in [-0.15, -0.1) is 0 Å². The number of benzene rings is 1. The highest BCUT2D eigenvalue weighted by atomic mass is 19.4. The Morgan fingerprint density at radius 3 is 2.72 bits per heavy atom. The van der Waals surface area contributed by atoms with Crippen LogP contribution in [0.5, 0.6) is 0 Å². The molecule has 0 radical (unpaired) electrons. The number of hydrogen-bond donors (Lipinski definition) is 2. The second-order valence-corrected chi connectivity index (χ2v) is 7.78. The van der Waals surface area contributed by atoms with Crippen molar-refractivity contribution in [3.63, 3.8) is 0 Å². The number of aromatic nitrogens is 2. The molecule has 1 saturated heterocycles. The van der Waals surface area contributed by atoms with Crippen molar-refractivity contribution >= 4 is 17.5 Å². The molecule has 0 unspecified atom stereocenters. The van der Waals surface area contributed by atoms with Gasteiger partial charge in [0.2, 0.25) is 0 Å². The molecule has 9 heteroatoms. The number of fused-ring (bicyclic) bond motifs is 1. The van der Waals surface area contributed by atoms with Crippen molar-refractivity contribution < 1.29 is 23.2 Å². The summed E-state index contributed by atoms with van der Waals surface area (Å²) in [4.78, 5) is 13.3. The highest BCUT2D eigenvalue weighted by molar-refractivity contribution is 5.90. The normalized spacial score (nSPS) is 17.4. The minimum absolute atomic E-state index is 0.130. The highest BCUT2D eigenvalue weighted by Crippen LogP contribution is 2.35. The predicted octanol–water partition coefficient (Wildman–Crippen LogP) is 4.25. The first-order valence-corrected chi connectivity index (χ1v) is 10.4. The molecule has 1 amide bonds. The van der Waals surface area contributed by atoms with E-state index in [0.717, 1.165) is 30.5 Å². The Balaban J connectivity index is 1.50. The first-order valence-electron chi connectivity index (χ1n) is 10.4. The van der Waals surface area contributed by atoms with Gasteiger partial charge in [-0.25, -0.2) is 10.00 Å². The smallest absolute Gasteiger partial charge is 0.296 e. The number of carbonyl (C=O) groups is 1. The number of nitrogens with one attached hydrogen (secondary N) is 1. The van der Waals surface area contributed by atoms with Crippen LogP contribution in [0.1, 0.15) is 41.3 Å². The molecule has 2 N–H and O–H groups in total. The fraction of sp³-hybridized carbons (Fsp3) is 0.304. The Morgan fingerprint density at radius 1 is 1.22 bits per heavy atom. The minimum Gasteiger partial charge on any atom is -0.296 e. The second kappa shape index (κ2) is 9.13. The first-order chi connectivity index (χ1) is 15.4. The van der Waals surface area contributed by atoms with Crippen molar-refractivity contribution in [3.05, 3.63) is 77.1 Å². The number of likely N-dealkylation sites (tertiary alicyclic amines) is 1. The predicted molar refractivity (Wildman–Crippen MR) is 113 cm³/mol. The Bertz CT molecular complexity index is 1120. The zero-order valence-electron chi connectivity index (χ0n) is 17.2. The standard InChI is InChI=1S/C23H23F3N4O2/c24-23(25,26)22-18(20-4-1-2-14-30(20)27-22)12-15-29-13-3-5-19(29)17-9-6-16(7-10-17)8-11-21(31)28-32/h1-2,4,6-11,14,19,32H,3,5,12-13,15H2,(H,28,31)/b11-8+/t19-/m0/s1. The van der Waals surface area contributed by atoms with Gasteiger partial charge < -0.3 is 0 Å². The average molecular weight is 444 g/mol. The van der Waals surface area contributed by atoms with Gasteiger partial charge >= 0.3 is 6.18 Å². The van der Waals surface area contributed by atoms with Crippen LogP contribution in [0.3, 0.4) is 0 Å². The van der Waals surface area contributed by atoms with E-state index in [0.29, 0.717) is 12.1 Å². The first kappa shape index (κ1) is 22.0. The lowest BCUT2D eigenvalue weighted by Gasteiger charge is -2.25. The van der Waals surface area contributed by atoms with Crippen molar-refractivity contribution in [3.8, 4) is 0 Å². The summed E-state index contributed by atoms with van der Waals surface area (Å²) in [5.74, 6) is -0.609. The molecule has 0 spiro atoms. The van der Waals surface area contributed by atoms with E-state index >= 15 is 0 Å². The summed E-state index contributed by atoms with van der Waals surface area (Å²) in [7, 11) is 0. The van der Waals surface area contributed by atoms with Crippen LogP contribution >= 0.6 is 0 Å². The second-order valence-electron chi connectivity index (χ2n) is 7.78. The van der Waals surface area contributed by atoms with Crippen molar-refractivity contribution in [2.45, 2.75) is 31.5 Å². The number of carbonyl (C=O) groups excluding carboxylic acids is 1. The van der Waals surface area contributed by atoms with Gasteiger partial charge in [0.15, 0.2) is 5.69 Å². The number of hydroxylamine groups is 1. The Morgan fingerprint density at radius 2 is 2.00 bits per heavy atom. The summed E-state index contributed by atoms with van der Waals surface area (Å²) in [6.07, 6.45) is 2.02. The molecule has 1 atom stereocenters. The van der Waals surface area contributed by atoms with Crippen molar-refractivity contribution in [2.75, 3.05) is 13.1 Å². The van der Waals surface area contributed by atoms with Crippen molar-refractivity contribution in [2.24, 2.45) is 0 Å². The molecule has 3 aromatic rings. The van der Waals surface area contributed by atoms with Crippen LogP contribution in [0, 0.1) is 0 Å². The van der Waals surface area contributed by atoms with Crippen LogP contribution in [0.15, 0.2) is 54.7 Å². The third-order valence-corrected chi connectivity index (χ3v) is 5.78. The van der Waals surface area contributed by atoms with E-state index in [1.54, 1.807) is 24.3 Å². The molecule has 3 heterocycles. The third-order valence-electron chi connectivity index (χ3n) is 5.78. The van der Waals surface area contributed by atoms with Crippen LogP contribution in [0.2, 0.25) is 0 Å². The van der Waals surface area contributed by atoms with Gasteiger partial charge in [-0.3, -0.25) is 14.9 Å². The molecule has 168 valence electrons. The number of nitrogens with zero attached hydrogens (tertiary/aromatic N) is 3. The largest absolute Gasteiger partial charge is 0.435 e. The summed E-state index contributed by atoms with van der Waals surface area (Å²) in [5.41, 5.74) is 3.33. The highest BCUT2D eigenvalue weighted by Gasteiger charge is 2.38. The zero-order valence-corrected chi connectivity index (χ0v) is 17.2. The van der Waals surface area contributed by atoms with Crippen molar-refractivity contribution in [1.82, 2.24) is 20.0 Å². The fourth-order valence-corrected chi connectivity index (χ4v) is 4.29. The lowest BCUT2D eigenvalue weighted by atomic mass is 10.0. The summed E-state index contributed by atoms with van der Waals surface area (Å²) in [6.45, 7) is 1.33. The molecule has 4 rings (SSSR count). The van der Waals surface area contributed by atoms with E-state index in [2.05, 4.69) is 10.00 Å². The molecular formula is C23H23F3N4O2. The van der Waals surface area contributed by atoms with Gasteiger partial charge in [-0.05, 0) is 55.1 Å². The monoisotopic (exact) mass is 444 g/mol. The maximum absolute atomic E-state index is 13.6. The molecule has 2 aromatic heterocycles. The van der Waals surface area contributed by atoms with Gasteiger partial charge in [0.25, 0.3) is 5.91 Å². The fourth-order valence-electron chi connectivity index (χ4n) is 4.29. The summed E-state index contributed by atoms with van der Waals surface area (Å²) >= 11 is 0. The van der Waals surface area contributed by atoms with Crippen molar-refractivity contribution in [1.29, 1.82) is 0 Å². The van der Waals surface area contributed by atoms with Crippen LogP contribution < -0.4 is 5.48 Å². The van der Waals surface area contributed by atoms with E-state index < -0.39 is 17.8 Å². The third kappa shape index (κ3) is 4.68. The molecule has 1 aromatic carbocycles.